The van der Waals surface area contributed by atoms with Gasteiger partial charge in [-0.3, -0.25) is 14.3 Å². The number of likely N-dealkylation sites (N-methyl/N-ethyl adjacent to an activating group) is 1. The van der Waals surface area contributed by atoms with E-state index in [1.807, 2.05) is 17.2 Å². The fourth-order valence-electron chi connectivity index (χ4n) is 3.06. The number of thiazole rings is 1. The Morgan fingerprint density at radius 1 is 1.56 bits per heavy atom. The molecule has 0 unspecified atom stereocenters. The molecule has 2 aromatic heterocycles. The van der Waals surface area contributed by atoms with Crippen molar-refractivity contribution in [2.45, 2.75) is 38.6 Å². The minimum atomic E-state index is -0.898. The maximum atomic E-state index is 13.9. The molecule has 1 fully saturated rings. The fourth-order valence-corrected chi connectivity index (χ4v) is 3.67. The Kier molecular flexibility index (Phi) is 5.28. The van der Waals surface area contributed by atoms with E-state index >= 15 is 0 Å². The van der Waals surface area contributed by atoms with Gasteiger partial charge in [-0.05, 0) is 13.3 Å². The molecule has 1 aliphatic rings. The Balaban J connectivity index is 1.60. The van der Waals surface area contributed by atoms with Crippen molar-refractivity contribution in [2.24, 2.45) is 0 Å². The van der Waals surface area contributed by atoms with Gasteiger partial charge in [-0.1, -0.05) is 0 Å². The Bertz CT molecular complexity index is 787. The van der Waals surface area contributed by atoms with Crippen molar-refractivity contribution in [3.63, 3.8) is 0 Å². The largest absolute Gasteiger partial charge is 0.343 e. The van der Waals surface area contributed by atoms with Crippen LogP contribution in [0.1, 0.15) is 17.1 Å². The highest BCUT2D eigenvalue weighted by Crippen LogP contribution is 2.24. The number of aromatic amines is 1. The van der Waals surface area contributed by atoms with E-state index in [-0.39, 0.29) is 18.5 Å². The molecule has 3 heterocycles. The van der Waals surface area contributed by atoms with E-state index < -0.39 is 11.9 Å². The maximum Gasteiger partial charge on any atom is 0.343 e. The summed E-state index contributed by atoms with van der Waals surface area (Å²) >= 11 is 1.57. The minimum absolute atomic E-state index is 0.0629. The van der Waals surface area contributed by atoms with Gasteiger partial charge in [0.25, 0.3) is 0 Å². The van der Waals surface area contributed by atoms with Crippen molar-refractivity contribution in [3.8, 4) is 0 Å². The topological polar surface area (TPSA) is 87.1 Å². The molecule has 0 spiro atoms. The van der Waals surface area contributed by atoms with Crippen LogP contribution in [0.15, 0.2) is 16.5 Å². The van der Waals surface area contributed by atoms with Crippen LogP contribution in [0.2, 0.25) is 0 Å². The molecule has 2 atom stereocenters. The Morgan fingerprint density at radius 2 is 2.36 bits per heavy atom. The summed E-state index contributed by atoms with van der Waals surface area (Å²) < 4.78 is 15.1. The van der Waals surface area contributed by atoms with E-state index in [0.717, 1.165) is 10.7 Å². The molecular weight excluding hydrogens is 347 g/mol. The van der Waals surface area contributed by atoms with Crippen molar-refractivity contribution in [2.75, 3.05) is 20.1 Å². The van der Waals surface area contributed by atoms with E-state index in [1.165, 1.54) is 10.9 Å². The number of aromatic nitrogens is 4. The predicted octanol–water partition coefficient (Wildman–Crippen LogP) is 0.407. The third-order valence-electron chi connectivity index (χ3n) is 4.34. The molecule has 0 aliphatic carbocycles. The molecule has 1 aliphatic heterocycles. The number of aryl methyl sites for hydroxylation is 1. The van der Waals surface area contributed by atoms with E-state index in [1.54, 1.807) is 23.3 Å². The van der Waals surface area contributed by atoms with E-state index in [2.05, 4.69) is 15.2 Å². The van der Waals surface area contributed by atoms with Crippen LogP contribution in [0.25, 0.3) is 0 Å². The SMILES string of the molecule is Cc1nc(CN2C[C@@H](F)C[C@H]2CN(C)C(=O)Cn2cn[nH]c2=O)cs1. The molecular formula is C15H21FN6O2S. The van der Waals surface area contributed by atoms with Crippen molar-refractivity contribution in [1.29, 1.82) is 0 Å². The summed E-state index contributed by atoms with van der Waals surface area (Å²) in [6.07, 6.45) is 0.787. The maximum absolute atomic E-state index is 13.9. The van der Waals surface area contributed by atoms with Gasteiger partial charge in [0.1, 0.15) is 19.0 Å². The number of nitrogens with zero attached hydrogens (tertiary/aromatic N) is 5. The molecule has 0 radical (unpaired) electrons. The van der Waals surface area contributed by atoms with Crippen LogP contribution in [-0.4, -0.2) is 67.8 Å². The molecule has 2 aromatic rings. The first-order chi connectivity index (χ1) is 11.9. The zero-order chi connectivity index (χ0) is 18.0. The number of hydrogen-bond donors (Lipinski definition) is 1. The summed E-state index contributed by atoms with van der Waals surface area (Å²) in [4.78, 5) is 31.7. The molecule has 1 amide bonds. The second kappa shape index (κ2) is 7.44. The van der Waals surface area contributed by atoms with E-state index in [9.17, 15) is 14.0 Å². The minimum Gasteiger partial charge on any atom is -0.343 e. The number of carbonyl (C=O) groups excluding carboxylic acids is 1. The van der Waals surface area contributed by atoms with Crippen LogP contribution >= 0.6 is 11.3 Å². The van der Waals surface area contributed by atoms with Crippen molar-refractivity contribution >= 4 is 17.2 Å². The molecule has 3 rings (SSSR count). The van der Waals surface area contributed by atoms with Crippen molar-refractivity contribution < 1.29 is 9.18 Å². The summed E-state index contributed by atoms with van der Waals surface area (Å²) in [5.41, 5.74) is 0.507. The van der Waals surface area contributed by atoms with Gasteiger partial charge in [-0.15, -0.1) is 11.3 Å². The van der Waals surface area contributed by atoms with Crippen molar-refractivity contribution in [1.82, 2.24) is 29.5 Å². The molecule has 0 saturated carbocycles. The lowest BCUT2D eigenvalue weighted by Crippen LogP contribution is -2.42. The third kappa shape index (κ3) is 4.31. The van der Waals surface area contributed by atoms with Gasteiger partial charge in [-0.25, -0.2) is 19.3 Å². The van der Waals surface area contributed by atoms with E-state index in [4.69, 9.17) is 0 Å². The molecule has 1 saturated heterocycles. The van der Waals surface area contributed by atoms with Crippen LogP contribution in [0.4, 0.5) is 4.39 Å². The summed E-state index contributed by atoms with van der Waals surface area (Å²) in [5.74, 6) is -0.213. The average Bonchev–Trinajstić information content (AvgIpc) is 3.23. The fraction of sp³-hybridized carbons (Fsp3) is 0.600. The van der Waals surface area contributed by atoms with Crippen molar-refractivity contribution in [3.05, 3.63) is 32.9 Å². The highest BCUT2D eigenvalue weighted by atomic mass is 32.1. The number of carbonyl (C=O) groups is 1. The Morgan fingerprint density at radius 3 is 3.00 bits per heavy atom. The lowest BCUT2D eigenvalue weighted by molar-refractivity contribution is -0.131. The zero-order valence-corrected chi connectivity index (χ0v) is 15.0. The molecule has 25 heavy (non-hydrogen) atoms. The molecule has 0 bridgehead atoms. The molecule has 0 aromatic carbocycles. The average molecular weight is 368 g/mol. The second-order valence-electron chi connectivity index (χ2n) is 6.34. The normalized spacial score (nSPS) is 20.9. The number of rotatable bonds is 6. The summed E-state index contributed by atoms with van der Waals surface area (Å²) in [6, 6.07) is -0.0629. The monoisotopic (exact) mass is 368 g/mol. The standard InChI is InChI=1S/C15H21FN6O2S/c1-10-18-12(8-25-10)5-21-4-11(16)3-13(21)6-20(2)14(23)7-22-9-17-19-15(22)24/h8-9,11,13H,3-7H2,1-2H3,(H,19,24)/t11-,13-/m0/s1. The predicted molar refractivity (Wildman–Crippen MR) is 91.0 cm³/mol. The van der Waals surface area contributed by atoms with Gasteiger partial charge in [0, 0.05) is 38.1 Å². The highest BCUT2D eigenvalue weighted by molar-refractivity contribution is 7.09. The van der Waals surface area contributed by atoms with Gasteiger partial charge < -0.3 is 4.90 Å². The first-order valence-corrected chi connectivity index (χ1v) is 8.93. The highest BCUT2D eigenvalue weighted by Gasteiger charge is 2.33. The van der Waals surface area contributed by atoms with Gasteiger partial charge in [0.05, 0.1) is 10.7 Å². The number of nitrogens with one attached hydrogen (secondary N) is 1. The van der Waals surface area contributed by atoms with Crippen LogP contribution in [0.3, 0.4) is 0 Å². The Hall–Kier alpha value is -2.07. The molecule has 136 valence electrons. The van der Waals surface area contributed by atoms with Crippen LogP contribution in [-0.2, 0) is 17.9 Å². The Labute approximate surface area is 148 Å². The number of H-pyrrole nitrogens is 1. The number of hydrogen-bond acceptors (Lipinski definition) is 6. The third-order valence-corrected chi connectivity index (χ3v) is 5.16. The smallest absolute Gasteiger partial charge is 0.343 e. The van der Waals surface area contributed by atoms with Gasteiger partial charge in [0.15, 0.2) is 0 Å². The van der Waals surface area contributed by atoms with Crippen LogP contribution < -0.4 is 5.69 Å². The lowest BCUT2D eigenvalue weighted by Gasteiger charge is -2.28. The van der Waals surface area contributed by atoms with Crippen LogP contribution in [0.5, 0.6) is 0 Å². The molecule has 10 heteroatoms. The number of halogens is 1. The summed E-state index contributed by atoms with van der Waals surface area (Å²) in [6.45, 7) is 3.21. The first-order valence-electron chi connectivity index (χ1n) is 8.05. The number of alkyl halides is 1. The number of likely N-dealkylation sites (tertiary alicyclic amines) is 1. The van der Waals surface area contributed by atoms with Gasteiger partial charge in [-0.2, -0.15) is 5.10 Å². The zero-order valence-electron chi connectivity index (χ0n) is 14.2. The molecule has 1 N–H and O–H groups in total. The van der Waals surface area contributed by atoms with E-state index in [0.29, 0.717) is 26.1 Å². The first kappa shape index (κ1) is 17.7. The van der Waals surface area contributed by atoms with Gasteiger partial charge in [0.2, 0.25) is 5.91 Å². The quantitative estimate of drug-likeness (QED) is 0.798. The summed E-state index contributed by atoms with van der Waals surface area (Å²) in [5, 5.41) is 8.82. The lowest BCUT2D eigenvalue weighted by atomic mass is 10.2. The van der Waals surface area contributed by atoms with Gasteiger partial charge >= 0.3 is 5.69 Å². The summed E-state index contributed by atoms with van der Waals surface area (Å²) in [7, 11) is 1.67. The molecule has 8 nitrogen and oxygen atoms in total. The number of amides is 1. The van der Waals surface area contributed by atoms with Crippen LogP contribution in [0, 0.1) is 6.92 Å². The second-order valence-corrected chi connectivity index (χ2v) is 7.40.